The van der Waals surface area contributed by atoms with E-state index in [4.69, 9.17) is 0 Å². The molecule has 0 bridgehead atoms. The van der Waals surface area contributed by atoms with Crippen LogP contribution in [-0.4, -0.2) is 17.0 Å². The highest BCUT2D eigenvalue weighted by atomic mass is 16.3. The highest BCUT2D eigenvalue weighted by Gasteiger charge is 2.31. The third-order valence-electron chi connectivity index (χ3n) is 2.62. The minimum atomic E-state index is -0.769. The number of hydrogen-bond acceptors (Lipinski definition) is 2. The monoisotopic (exact) mass is 168 g/mol. The minimum absolute atomic E-state index is 0.0973. The highest BCUT2D eigenvalue weighted by molar-refractivity contribution is 5.99. The second-order valence-corrected chi connectivity index (χ2v) is 3.84. The van der Waals surface area contributed by atoms with Gasteiger partial charge in [0.2, 0.25) is 0 Å². The molecule has 1 unspecified atom stereocenters. The number of aliphatic hydroxyl groups is 1. The van der Waals surface area contributed by atoms with Gasteiger partial charge in [-0.25, -0.2) is 0 Å². The first kappa shape index (κ1) is 9.46. The molecule has 0 aliphatic heterocycles. The molecule has 0 spiro atoms. The summed E-state index contributed by atoms with van der Waals surface area (Å²) < 4.78 is 0. The van der Waals surface area contributed by atoms with Crippen molar-refractivity contribution in [3.05, 3.63) is 11.6 Å². The van der Waals surface area contributed by atoms with E-state index in [1.54, 1.807) is 6.92 Å². The topological polar surface area (TPSA) is 37.3 Å². The molecule has 0 saturated carbocycles. The summed E-state index contributed by atoms with van der Waals surface area (Å²) >= 11 is 0. The smallest absolute Gasteiger partial charge is 0.186 e. The number of carbonyl (C=O) groups is 1. The summed E-state index contributed by atoms with van der Waals surface area (Å²) in [5.74, 6) is 0.384. The van der Waals surface area contributed by atoms with Crippen LogP contribution in [0.25, 0.3) is 0 Å². The summed E-state index contributed by atoms with van der Waals surface area (Å²) in [5.41, 5.74) is 0.708. The molecule has 0 saturated heterocycles. The van der Waals surface area contributed by atoms with Crippen molar-refractivity contribution in [3.8, 4) is 0 Å². The summed E-state index contributed by atoms with van der Waals surface area (Å²) in [6.45, 7) is 5.84. The molecule has 0 aromatic heterocycles. The van der Waals surface area contributed by atoms with Crippen molar-refractivity contribution in [2.24, 2.45) is 11.8 Å². The van der Waals surface area contributed by atoms with Gasteiger partial charge in [0.05, 0.1) is 0 Å². The average molecular weight is 168 g/mol. The Morgan fingerprint density at radius 2 is 2.17 bits per heavy atom. The van der Waals surface area contributed by atoms with Gasteiger partial charge in [-0.2, -0.15) is 0 Å². The molecule has 2 atom stereocenters. The van der Waals surface area contributed by atoms with Crippen molar-refractivity contribution in [1.29, 1.82) is 0 Å². The Hall–Kier alpha value is -0.630. The number of ketones is 1. The van der Waals surface area contributed by atoms with Crippen LogP contribution < -0.4 is 0 Å². The third-order valence-corrected chi connectivity index (χ3v) is 2.62. The first-order valence-corrected chi connectivity index (χ1v) is 4.43. The van der Waals surface area contributed by atoms with E-state index < -0.39 is 6.10 Å². The zero-order chi connectivity index (χ0) is 9.30. The largest absolute Gasteiger partial charge is 0.385 e. The van der Waals surface area contributed by atoms with E-state index in [0.29, 0.717) is 11.5 Å². The molecule has 0 amide bonds. The van der Waals surface area contributed by atoms with Crippen LogP contribution >= 0.6 is 0 Å². The second kappa shape index (κ2) is 3.40. The Balaban J connectivity index is 2.80. The number of rotatable bonds is 1. The zero-order valence-corrected chi connectivity index (χ0v) is 7.87. The van der Waals surface area contributed by atoms with Gasteiger partial charge < -0.3 is 5.11 Å². The van der Waals surface area contributed by atoms with Crippen LogP contribution in [0.3, 0.4) is 0 Å². The summed E-state index contributed by atoms with van der Waals surface area (Å²) in [6.07, 6.45) is 1.99. The minimum Gasteiger partial charge on any atom is -0.385 e. The third kappa shape index (κ3) is 1.58. The van der Waals surface area contributed by atoms with Crippen LogP contribution in [-0.2, 0) is 4.79 Å². The Morgan fingerprint density at radius 3 is 2.67 bits per heavy atom. The van der Waals surface area contributed by atoms with Crippen molar-refractivity contribution in [3.63, 3.8) is 0 Å². The van der Waals surface area contributed by atoms with Crippen molar-refractivity contribution < 1.29 is 9.90 Å². The molecule has 1 N–H and O–H groups in total. The predicted octanol–water partition coefficient (Wildman–Crippen LogP) is 1.54. The fraction of sp³-hybridized carbons (Fsp3) is 0.700. The standard InChI is InChI=1S/C10H16O2/c1-6(2)8-5-4-7(3)9(11)10(8)12/h4,6,8,10,12H,5H2,1-3H3/t8-,10?/m0/s1. The molecule has 0 fully saturated rings. The molecule has 0 heterocycles. The predicted molar refractivity (Wildman–Crippen MR) is 47.7 cm³/mol. The van der Waals surface area contributed by atoms with Crippen LogP contribution in [0, 0.1) is 11.8 Å². The maximum absolute atomic E-state index is 11.3. The normalized spacial score (nSPS) is 30.8. The quantitative estimate of drug-likeness (QED) is 0.644. The molecule has 0 aromatic rings. The molecule has 68 valence electrons. The summed E-state index contributed by atoms with van der Waals surface area (Å²) in [5, 5.41) is 9.59. The summed E-state index contributed by atoms with van der Waals surface area (Å²) in [4.78, 5) is 11.3. The van der Waals surface area contributed by atoms with Gasteiger partial charge >= 0.3 is 0 Å². The number of aliphatic hydroxyl groups excluding tert-OH is 1. The van der Waals surface area contributed by atoms with Gasteiger partial charge in [0, 0.05) is 0 Å². The SMILES string of the molecule is CC1=CC[C@@H](C(C)C)C(O)C1=O. The van der Waals surface area contributed by atoms with Gasteiger partial charge in [0.25, 0.3) is 0 Å². The molecule has 1 rings (SSSR count). The maximum Gasteiger partial charge on any atom is 0.186 e. The van der Waals surface area contributed by atoms with Crippen LogP contribution in [0.15, 0.2) is 11.6 Å². The Labute approximate surface area is 73.3 Å². The zero-order valence-electron chi connectivity index (χ0n) is 7.87. The molecule has 2 heteroatoms. The fourth-order valence-corrected chi connectivity index (χ4v) is 1.61. The van der Waals surface area contributed by atoms with E-state index in [0.717, 1.165) is 6.42 Å². The lowest BCUT2D eigenvalue weighted by molar-refractivity contribution is -0.127. The average Bonchev–Trinajstić information content (AvgIpc) is 2.00. The van der Waals surface area contributed by atoms with Gasteiger partial charge in [0.15, 0.2) is 5.78 Å². The van der Waals surface area contributed by atoms with Gasteiger partial charge in [-0.1, -0.05) is 19.9 Å². The van der Waals surface area contributed by atoms with Crippen LogP contribution in [0.4, 0.5) is 0 Å². The highest BCUT2D eigenvalue weighted by Crippen LogP contribution is 2.27. The lowest BCUT2D eigenvalue weighted by atomic mass is 9.80. The molecule has 2 nitrogen and oxygen atoms in total. The lowest BCUT2D eigenvalue weighted by Gasteiger charge is -2.28. The summed E-state index contributed by atoms with van der Waals surface area (Å²) in [6, 6.07) is 0. The van der Waals surface area contributed by atoms with Gasteiger partial charge in [-0.3, -0.25) is 4.79 Å². The number of carbonyl (C=O) groups excluding carboxylic acids is 1. The van der Waals surface area contributed by atoms with Crippen molar-refractivity contribution in [1.82, 2.24) is 0 Å². The van der Waals surface area contributed by atoms with Crippen molar-refractivity contribution in [2.75, 3.05) is 0 Å². The maximum atomic E-state index is 11.3. The van der Waals surface area contributed by atoms with E-state index in [1.165, 1.54) is 0 Å². The fourth-order valence-electron chi connectivity index (χ4n) is 1.61. The Bertz CT molecular complexity index is 216. The molecule has 0 aromatic carbocycles. The molecule has 12 heavy (non-hydrogen) atoms. The van der Waals surface area contributed by atoms with E-state index in [2.05, 4.69) is 0 Å². The summed E-state index contributed by atoms with van der Waals surface area (Å²) in [7, 11) is 0. The molecule has 1 aliphatic carbocycles. The molecule has 1 aliphatic rings. The first-order chi connectivity index (χ1) is 5.54. The van der Waals surface area contributed by atoms with E-state index in [1.807, 2.05) is 19.9 Å². The van der Waals surface area contributed by atoms with Crippen molar-refractivity contribution >= 4 is 5.78 Å². The van der Waals surface area contributed by atoms with Crippen LogP contribution in [0.5, 0.6) is 0 Å². The number of allylic oxidation sites excluding steroid dienone is 1. The Kier molecular flexibility index (Phi) is 2.68. The Morgan fingerprint density at radius 1 is 1.58 bits per heavy atom. The van der Waals surface area contributed by atoms with Gasteiger partial charge in [-0.05, 0) is 30.8 Å². The first-order valence-electron chi connectivity index (χ1n) is 4.43. The molecular formula is C10H16O2. The van der Waals surface area contributed by atoms with Gasteiger partial charge in [0.1, 0.15) is 6.10 Å². The van der Waals surface area contributed by atoms with E-state index in [-0.39, 0.29) is 11.7 Å². The number of Topliss-reactive ketones (excluding diaryl/α,β-unsaturated/α-hetero) is 1. The van der Waals surface area contributed by atoms with Crippen molar-refractivity contribution in [2.45, 2.75) is 33.3 Å². The van der Waals surface area contributed by atoms with Crippen LogP contribution in [0.2, 0.25) is 0 Å². The van der Waals surface area contributed by atoms with Crippen LogP contribution in [0.1, 0.15) is 27.2 Å². The van der Waals surface area contributed by atoms with E-state index >= 15 is 0 Å². The molecule has 0 radical (unpaired) electrons. The second-order valence-electron chi connectivity index (χ2n) is 3.84. The molecular weight excluding hydrogens is 152 g/mol. The van der Waals surface area contributed by atoms with Gasteiger partial charge in [-0.15, -0.1) is 0 Å². The lowest BCUT2D eigenvalue weighted by Crippen LogP contribution is -2.35. The number of hydrogen-bond donors (Lipinski definition) is 1. The van der Waals surface area contributed by atoms with E-state index in [9.17, 15) is 9.90 Å².